The largest absolute Gasteiger partial charge is 0.493 e. The van der Waals surface area contributed by atoms with Crippen LogP contribution in [0.25, 0.3) is 0 Å². The molecule has 1 amide bonds. The van der Waals surface area contributed by atoms with E-state index in [0.717, 1.165) is 37.0 Å². The van der Waals surface area contributed by atoms with Gasteiger partial charge in [-0.25, -0.2) is 0 Å². The summed E-state index contributed by atoms with van der Waals surface area (Å²) in [6, 6.07) is 7.65. The minimum atomic E-state index is -0.930. The molecule has 1 aliphatic carbocycles. The van der Waals surface area contributed by atoms with Crippen molar-refractivity contribution in [2.75, 3.05) is 19.7 Å². The van der Waals surface area contributed by atoms with E-state index in [1.54, 1.807) is 4.90 Å². The summed E-state index contributed by atoms with van der Waals surface area (Å²) in [5.74, 6) is 0.0457. The Morgan fingerprint density at radius 3 is 2.71 bits per heavy atom. The number of ether oxygens (including phenoxy) is 1. The van der Waals surface area contributed by atoms with Gasteiger partial charge in [-0.2, -0.15) is 0 Å². The van der Waals surface area contributed by atoms with Crippen LogP contribution in [-0.4, -0.2) is 41.6 Å². The van der Waals surface area contributed by atoms with E-state index in [1.165, 1.54) is 0 Å². The Balaban J connectivity index is 1.63. The zero-order valence-corrected chi connectivity index (χ0v) is 13.7. The fourth-order valence-corrected chi connectivity index (χ4v) is 4.63. The summed E-state index contributed by atoms with van der Waals surface area (Å²) in [6.45, 7) is 1.16. The van der Waals surface area contributed by atoms with E-state index in [-0.39, 0.29) is 17.7 Å². The van der Waals surface area contributed by atoms with Gasteiger partial charge in [-0.1, -0.05) is 31.0 Å². The number of rotatable bonds is 2. The Bertz CT molecular complexity index is 667. The van der Waals surface area contributed by atoms with Crippen molar-refractivity contribution in [3.63, 3.8) is 0 Å². The molecule has 1 saturated carbocycles. The van der Waals surface area contributed by atoms with Crippen LogP contribution >= 0.6 is 0 Å². The van der Waals surface area contributed by atoms with Crippen LogP contribution in [-0.2, 0) is 16.0 Å². The molecule has 5 heteroatoms. The predicted octanol–water partition coefficient (Wildman–Crippen LogP) is 2.34. The van der Waals surface area contributed by atoms with Gasteiger partial charge in [0.05, 0.1) is 12.0 Å². The number of hydrogen-bond acceptors (Lipinski definition) is 3. The second-order valence-corrected chi connectivity index (χ2v) is 7.45. The number of fused-ring (bicyclic) bond motifs is 2. The third-order valence-corrected chi connectivity index (χ3v) is 6.06. The van der Waals surface area contributed by atoms with Gasteiger partial charge in [0.2, 0.25) is 5.91 Å². The zero-order valence-electron chi connectivity index (χ0n) is 13.7. The number of hydrogen-bond donors (Lipinski definition) is 1. The van der Waals surface area contributed by atoms with E-state index < -0.39 is 11.4 Å². The summed E-state index contributed by atoms with van der Waals surface area (Å²) in [6.07, 6.45) is 4.53. The lowest BCUT2D eigenvalue weighted by molar-refractivity contribution is -0.151. The first-order valence-electron chi connectivity index (χ1n) is 8.83. The number of likely N-dealkylation sites (tertiary alicyclic amines) is 1. The van der Waals surface area contributed by atoms with Crippen molar-refractivity contribution in [3.8, 4) is 5.75 Å². The number of carboxylic acids is 1. The summed E-state index contributed by atoms with van der Waals surface area (Å²) >= 11 is 0. The molecule has 5 nitrogen and oxygen atoms in total. The smallest absolute Gasteiger partial charge is 0.312 e. The van der Waals surface area contributed by atoms with Crippen LogP contribution in [0.15, 0.2) is 24.3 Å². The van der Waals surface area contributed by atoms with Crippen molar-refractivity contribution < 1.29 is 19.4 Å². The first-order valence-corrected chi connectivity index (χ1v) is 8.83. The molecule has 2 fully saturated rings. The highest BCUT2D eigenvalue weighted by Crippen LogP contribution is 2.44. The van der Waals surface area contributed by atoms with E-state index in [1.807, 2.05) is 24.3 Å². The Hall–Kier alpha value is -2.04. The van der Waals surface area contributed by atoms with Crippen molar-refractivity contribution in [2.45, 2.75) is 32.1 Å². The molecule has 2 aliphatic heterocycles. The summed E-state index contributed by atoms with van der Waals surface area (Å²) in [5, 5.41) is 10.0. The van der Waals surface area contributed by atoms with Crippen LogP contribution in [0.2, 0.25) is 0 Å². The summed E-state index contributed by atoms with van der Waals surface area (Å²) in [4.78, 5) is 26.8. The van der Waals surface area contributed by atoms with E-state index in [0.29, 0.717) is 26.1 Å². The van der Waals surface area contributed by atoms with Crippen LogP contribution < -0.4 is 4.74 Å². The van der Waals surface area contributed by atoms with Crippen LogP contribution in [0.5, 0.6) is 5.75 Å². The van der Waals surface area contributed by atoms with Crippen LogP contribution in [0, 0.1) is 17.3 Å². The Labute approximate surface area is 141 Å². The number of carbonyl (C=O) groups excluding carboxylic acids is 1. The molecule has 2 atom stereocenters. The first-order chi connectivity index (χ1) is 11.6. The lowest BCUT2D eigenvalue weighted by Gasteiger charge is -2.27. The molecule has 4 rings (SSSR count). The monoisotopic (exact) mass is 329 g/mol. The maximum absolute atomic E-state index is 12.8. The number of aliphatic carboxylic acids is 1. The Kier molecular flexibility index (Phi) is 3.74. The SMILES string of the molecule is O=C(C1CCCC1)N1C[C@H]2COc3ccccc3C[C@@]2(C(=O)O)C1. The molecule has 0 spiro atoms. The highest BCUT2D eigenvalue weighted by Gasteiger charge is 2.55. The quantitative estimate of drug-likeness (QED) is 0.904. The molecule has 2 heterocycles. The number of carbonyl (C=O) groups is 2. The molecule has 1 saturated heterocycles. The fourth-order valence-electron chi connectivity index (χ4n) is 4.63. The highest BCUT2D eigenvalue weighted by atomic mass is 16.5. The van der Waals surface area contributed by atoms with Crippen molar-refractivity contribution in [1.29, 1.82) is 0 Å². The molecule has 24 heavy (non-hydrogen) atoms. The molecule has 1 aromatic carbocycles. The second-order valence-electron chi connectivity index (χ2n) is 7.45. The third kappa shape index (κ3) is 2.38. The second kappa shape index (κ2) is 5.80. The van der Waals surface area contributed by atoms with Crippen molar-refractivity contribution in [3.05, 3.63) is 29.8 Å². The van der Waals surface area contributed by atoms with Crippen molar-refractivity contribution in [1.82, 2.24) is 4.90 Å². The highest BCUT2D eigenvalue weighted by molar-refractivity contribution is 5.83. The van der Waals surface area contributed by atoms with Gasteiger partial charge in [0.25, 0.3) is 0 Å². The van der Waals surface area contributed by atoms with Gasteiger partial charge >= 0.3 is 5.97 Å². The Morgan fingerprint density at radius 2 is 1.96 bits per heavy atom. The first kappa shape index (κ1) is 15.5. The third-order valence-electron chi connectivity index (χ3n) is 6.06. The number of amides is 1. The zero-order chi connectivity index (χ0) is 16.7. The summed E-state index contributed by atoms with van der Waals surface area (Å²) < 4.78 is 5.89. The van der Waals surface area contributed by atoms with Crippen LogP contribution in [0.3, 0.4) is 0 Å². The minimum Gasteiger partial charge on any atom is -0.493 e. The van der Waals surface area contributed by atoms with Crippen LogP contribution in [0.1, 0.15) is 31.2 Å². The van der Waals surface area contributed by atoms with Gasteiger partial charge in [-0.3, -0.25) is 9.59 Å². The van der Waals surface area contributed by atoms with Gasteiger partial charge in [0, 0.05) is 24.9 Å². The van der Waals surface area contributed by atoms with E-state index in [2.05, 4.69) is 0 Å². The number of benzene rings is 1. The normalized spacial score (nSPS) is 29.5. The molecule has 1 aromatic rings. The number of para-hydroxylation sites is 1. The van der Waals surface area contributed by atoms with E-state index in [4.69, 9.17) is 4.74 Å². The van der Waals surface area contributed by atoms with Crippen molar-refractivity contribution in [2.24, 2.45) is 17.3 Å². The molecule has 0 radical (unpaired) electrons. The van der Waals surface area contributed by atoms with Crippen LogP contribution in [0.4, 0.5) is 0 Å². The average molecular weight is 329 g/mol. The fraction of sp³-hybridized carbons (Fsp3) is 0.579. The molecule has 0 unspecified atom stereocenters. The molecule has 3 aliphatic rings. The minimum absolute atomic E-state index is 0.0893. The number of carboxylic acid groups (broad SMARTS) is 1. The molecule has 0 bridgehead atoms. The molecular weight excluding hydrogens is 306 g/mol. The predicted molar refractivity (Wildman–Crippen MR) is 87.7 cm³/mol. The maximum atomic E-state index is 12.8. The summed E-state index contributed by atoms with van der Waals surface area (Å²) in [5.41, 5.74) is -0.00139. The topological polar surface area (TPSA) is 66.8 Å². The molecule has 1 N–H and O–H groups in total. The molecule has 128 valence electrons. The van der Waals surface area contributed by atoms with Crippen molar-refractivity contribution >= 4 is 11.9 Å². The standard InChI is InChI=1S/C19H23NO4/c21-17(13-5-1-2-6-13)20-10-15-11-24-16-8-4-3-7-14(16)9-19(15,12-20)18(22)23/h3-4,7-8,13,15H,1-2,5-6,9-12H2,(H,22,23)/t15-,19+/m0/s1. The number of nitrogens with zero attached hydrogens (tertiary/aromatic N) is 1. The van der Waals surface area contributed by atoms with Gasteiger partial charge in [0.15, 0.2) is 0 Å². The maximum Gasteiger partial charge on any atom is 0.312 e. The van der Waals surface area contributed by atoms with Gasteiger partial charge in [-0.05, 0) is 30.9 Å². The average Bonchev–Trinajstić information content (AvgIpc) is 3.20. The summed E-state index contributed by atoms with van der Waals surface area (Å²) in [7, 11) is 0. The van der Waals surface area contributed by atoms with Gasteiger partial charge in [0.1, 0.15) is 5.75 Å². The Morgan fingerprint density at radius 1 is 1.21 bits per heavy atom. The van der Waals surface area contributed by atoms with Gasteiger partial charge in [-0.15, -0.1) is 0 Å². The van der Waals surface area contributed by atoms with Gasteiger partial charge < -0.3 is 14.7 Å². The molecule has 0 aromatic heterocycles. The lowest BCUT2D eigenvalue weighted by atomic mass is 9.74. The van der Waals surface area contributed by atoms with E-state index >= 15 is 0 Å². The van der Waals surface area contributed by atoms with E-state index in [9.17, 15) is 14.7 Å². The molecular formula is C19H23NO4. The lowest BCUT2D eigenvalue weighted by Crippen LogP contribution is -2.42.